The van der Waals surface area contributed by atoms with Crippen molar-refractivity contribution in [3.05, 3.63) is 29.8 Å². The molecule has 1 heterocycles. The van der Waals surface area contributed by atoms with Crippen LogP contribution in [0.5, 0.6) is 5.75 Å². The molecule has 3 N–H and O–H groups in total. The van der Waals surface area contributed by atoms with E-state index in [0.717, 1.165) is 17.7 Å². The summed E-state index contributed by atoms with van der Waals surface area (Å²) in [4.78, 5) is 11.6. The SMILES string of the molecule is CCC(CN)(CC1CCOc2ccccc21)C(=O)O. The number of ether oxygens (including phenoxy) is 1. The van der Waals surface area contributed by atoms with Gasteiger partial charge in [0, 0.05) is 6.54 Å². The molecule has 1 aliphatic heterocycles. The number of carbonyl (C=O) groups is 1. The number of rotatable bonds is 5. The number of aliphatic carboxylic acids is 1. The van der Waals surface area contributed by atoms with Gasteiger partial charge in [0.2, 0.25) is 0 Å². The van der Waals surface area contributed by atoms with Crippen molar-refractivity contribution in [1.82, 2.24) is 0 Å². The van der Waals surface area contributed by atoms with E-state index in [1.165, 1.54) is 0 Å². The van der Waals surface area contributed by atoms with Gasteiger partial charge in [-0.2, -0.15) is 0 Å². The van der Waals surface area contributed by atoms with Crippen LogP contribution in [-0.4, -0.2) is 24.2 Å². The minimum absolute atomic E-state index is 0.179. The highest BCUT2D eigenvalue weighted by Crippen LogP contribution is 2.41. The predicted octanol–water partition coefficient (Wildman–Crippen LogP) is 2.38. The summed E-state index contributed by atoms with van der Waals surface area (Å²) in [6.07, 6.45) is 1.99. The quantitative estimate of drug-likeness (QED) is 0.855. The van der Waals surface area contributed by atoms with E-state index in [0.29, 0.717) is 19.4 Å². The summed E-state index contributed by atoms with van der Waals surface area (Å²) in [5, 5.41) is 9.49. The number of nitrogens with two attached hydrogens (primary N) is 1. The van der Waals surface area contributed by atoms with Gasteiger partial charge in [0.05, 0.1) is 12.0 Å². The summed E-state index contributed by atoms with van der Waals surface area (Å²) in [6, 6.07) is 7.88. The first-order valence-electron chi connectivity index (χ1n) is 6.78. The Morgan fingerprint density at radius 2 is 2.26 bits per heavy atom. The summed E-state index contributed by atoms with van der Waals surface area (Å²) in [7, 11) is 0. The molecule has 1 aromatic rings. The molecule has 0 radical (unpaired) electrons. The molecular formula is C15H21NO3. The topological polar surface area (TPSA) is 72.5 Å². The molecule has 2 unspecified atom stereocenters. The third-order valence-corrected chi connectivity index (χ3v) is 4.24. The molecule has 1 aliphatic rings. The van der Waals surface area contributed by atoms with Crippen LogP contribution in [0.25, 0.3) is 0 Å². The van der Waals surface area contributed by atoms with Crippen LogP contribution in [0.1, 0.15) is 37.7 Å². The number of hydrogen-bond donors (Lipinski definition) is 2. The molecule has 0 saturated carbocycles. The molecule has 1 aromatic carbocycles. The Balaban J connectivity index is 2.26. The smallest absolute Gasteiger partial charge is 0.310 e. The van der Waals surface area contributed by atoms with Crippen LogP contribution in [0.15, 0.2) is 24.3 Å². The molecule has 0 spiro atoms. The average molecular weight is 263 g/mol. The van der Waals surface area contributed by atoms with Crippen molar-refractivity contribution in [2.24, 2.45) is 11.1 Å². The molecule has 0 saturated heterocycles. The molecule has 2 atom stereocenters. The van der Waals surface area contributed by atoms with Gasteiger partial charge in [-0.05, 0) is 36.8 Å². The van der Waals surface area contributed by atoms with Gasteiger partial charge >= 0.3 is 5.97 Å². The van der Waals surface area contributed by atoms with Crippen LogP contribution in [0, 0.1) is 5.41 Å². The van der Waals surface area contributed by atoms with Crippen molar-refractivity contribution >= 4 is 5.97 Å². The lowest BCUT2D eigenvalue weighted by Gasteiger charge is -2.34. The molecule has 0 fully saturated rings. The van der Waals surface area contributed by atoms with Gasteiger partial charge in [0.15, 0.2) is 0 Å². The Morgan fingerprint density at radius 3 is 2.89 bits per heavy atom. The average Bonchev–Trinajstić information content (AvgIpc) is 2.44. The Hall–Kier alpha value is -1.55. The number of hydrogen-bond acceptors (Lipinski definition) is 3. The molecule has 0 bridgehead atoms. The highest BCUT2D eigenvalue weighted by atomic mass is 16.5. The summed E-state index contributed by atoms with van der Waals surface area (Å²) >= 11 is 0. The second kappa shape index (κ2) is 5.61. The van der Waals surface area contributed by atoms with Crippen LogP contribution in [0.4, 0.5) is 0 Å². The largest absolute Gasteiger partial charge is 0.493 e. The van der Waals surface area contributed by atoms with Gasteiger partial charge in [-0.3, -0.25) is 4.79 Å². The van der Waals surface area contributed by atoms with Crippen molar-refractivity contribution in [2.45, 2.75) is 32.1 Å². The summed E-state index contributed by atoms with van der Waals surface area (Å²) in [5.74, 6) is 0.303. The molecule has 4 heteroatoms. The Kier molecular flexibility index (Phi) is 4.10. The third-order valence-electron chi connectivity index (χ3n) is 4.24. The minimum atomic E-state index is -0.824. The van der Waals surface area contributed by atoms with E-state index in [-0.39, 0.29) is 12.5 Å². The number of carboxylic acid groups (broad SMARTS) is 1. The number of fused-ring (bicyclic) bond motifs is 1. The van der Waals surface area contributed by atoms with Gasteiger partial charge in [0.25, 0.3) is 0 Å². The standard InChI is InChI=1S/C15H21NO3/c1-2-15(10-16,14(17)18)9-11-7-8-19-13-6-4-3-5-12(11)13/h3-6,11H,2,7-10,16H2,1H3,(H,17,18). The van der Waals surface area contributed by atoms with E-state index in [4.69, 9.17) is 10.5 Å². The zero-order valence-corrected chi connectivity index (χ0v) is 11.3. The Bertz CT molecular complexity index is 454. The minimum Gasteiger partial charge on any atom is -0.493 e. The zero-order chi connectivity index (χ0) is 13.9. The Labute approximate surface area is 113 Å². The number of benzene rings is 1. The molecular weight excluding hydrogens is 242 g/mol. The van der Waals surface area contributed by atoms with Gasteiger partial charge in [0.1, 0.15) is 5.75 Å². The fraction of sp³-hybridized carbons (Fsp3) is 0.533. The molecule has 0 aliphatic carbocycles. The monoisotopic (exact) mass is 263 g/mol. The number of para-hydroxylation sites is 1. The lowest BCUT2D eigenvalue weighted by atomic mass is 9.73. The van der Waals surface area contributed by atoms with Crippen molar-refractivity contribution in [3.8, 4) is 5.75 Å². The predicted molar refractivity (Wildman–Crippen MR) is 73.3 cm³/mol. The molecule has 0 amide bonds. The molecule has 2 rings (SSSR count). The van der Waals surface area contributed by atoms with Crippen molar-refractivity contribution in [2.75, 3.05) is 13.2 Å². The first kappa shape index (κ1) is 13.9. The lowest BCUT2D eigenvalue weighted by molar-refractivity contribution is -0.149. The fourth-order valence-electron chi connectivity index (χ4n) is 2.80. The first-order chi connectivity index (χ1) is 9.13. The van der Waals surface area contributed by atoms with Crippen LogP contribution in [0.3, 0.4) is 0 Å². The second-order valence-corrected chi connectivity index (χ2v) is 5.22. The zero-order valence-electron chi connectivity index (χ0n) is 11.3. The number of carboxylic acids is 1. The van der Waals surface area contributed by atoms with Crippen molar-refractivity contribution in [3.63, 3.8) is 0 Å². The maximum atomic E-state index is 11.6. The normalized spacial score (nSPS) is 21.1. The maximum absolute atomic E-state index is 11.6. The fourth-order valence-corrected chi connectivity index (χ4v) is 2.80. The van der Waals surface area contributed by atoms with E-state index in [9.17, 15) is 9.90 Å². The molecule has 4 nitrogen and oxygen atoms in total. The van der Waals surface area contributed by atoms with E-state index >= 15 is 0 Å². The van der Waals surface area contributed by atoms with Gasteiger partial charge in [-0.1, -0.05) is 25.1 Å². The molecule has 19 heavy (non-hydrogen) atoms. The van der Waals surface area contributed by atoms with Crippen LogP contribution in [-0.2, 0) is 4.79 Å². The summed E-state index contributed by atoms with van der Waals surface area (Å²) in [6.45, 7) is 2.72. The molecule has 104 valence electrons. The van der Waals surface area contributed by atoms with E-state index in [1.807, 2.05) is 31.2 Å². The molecule has 0 aromatic heterocycles. The van der Waals surface area contributed by atoms with Gasteiger partial charge < -0.3 is 15.6 Å². The maximum Gasteiger partial charge on any atom is 0.310 e. The highest BCUT2D eigenvalue weighted by Gasteiger charge is 2.39. The first-order valence-corrected chi connectivity index (χ1v) is 6.78. The van der Waals surface area contributed by atoms with E-state index in [2.05, 4.69) is 0 Å². The highest BCUT2D eigenvalue weighted by molar-refractivity contribution is 5.75. The lowest BCUT2D eigenvalue weighted by Crippen LogP contribution is -2.40. The van der Waals surface area contributed by atoms with Crippen LogP contribution in [0.2, 0.25) is 0 Å². The second-order valence-electron chi connectivity index (χ2n) is 5.22. The van der Waals surface area contributed by atoms with Crippen molar-refractivity contribution in [1.29, 1.82) is 0 Å². The summed E-state index contributed by atoms with van der Waals surface area (Å²) in [5.41, 5.74) is 6.03. The Morgan fingerprint density at radius 1 is 1.53 bits per heavy atom. The third kappa shape index (κ3) is 2.59. The van der Waals surface area contributed by atoms with Gasteiger partial charge in [-0.15, -0.1) is 0 Å². The van der Waals surface area contributed by atoms with Crippen LogP contribution < -0.4 is 10.5 Å². The van der Waals surface area contributed by atoms with E-state index < -0.39 is 11.4 Å². The summed E-state index contributed by atoms with van der Waals surface area (Å²) < 4.78 is 5.62. The van der Waals surface area contributed by atoms with E-state index in [1.54, 1.807) is 0 Å². The van der Waals surface area contributed by atoms with Crippen LogP contribution >= 0.6 is 0 Å². The van der Waals surface area contributed by atoms with Gasteiger partial charge in [-0.25, -0.2) is 0 Å². The van der Waals surface area contributed by atoms with Crippen molar-refractivity contribution < 1.29 is 14.6 Å².